The molecule has 1 amide bonds. The van der Waals surface area contributed by atoms with Crippen molar-refractivity contribution in [1.82, 2.24) is 10.6 Å². The number of aliphatic hydroxyl groups excluding tert-OH is 1. The number of benzene rings is 1. The fourth-order valence-electron chi connectivity index (χ4n) is 4.47. The van der Waals surface area contributed by atoms with Crippen molar-refractivity contribution >= 4 is 6.09 Å². The van der Waals surface area contributed by atoms with Crippen molar-refractivity contribution < 1.29 is 14.6 Å². The van der Waals surface area contributed by atoms with Crippen LogP contribution in [-0.2, 0) is 11.2 Å². The van der Waals surface area contributed by atoms with Crippen LogP contribution in [-0.4, -0.2) is 41.5 Å². The highest BCUT2D eigenvalue weighted by Crippen LogP contribution is 2.44. The standard InChI is InChI=1S/C22H34N2O3/c1-22(2,3)24-21(26)27-20(13-15-7-5-4-6-8-15)19(25)14-23-18-12-16-9-10-17(18)11-16/h4-8,16-20,23,25H,9-14H2,1-3H3,(H,24,26)/t16-,17-,18-,19+,20-/m0/s1. The van der Waals surface area contributed by atoms with Crippen molar-refractivity contribution in [3.8, 4) is 0 Å². The van der Waals surface area contributed by atoms with Crippen LogP contribution in [0.15, 0.2) is 30.3 Å². The van der Waals surface area contributed by atoms with Gasteiger partial charge in [0.2, 0.25) is 0 Å². The minimum Gasteiger partial charge on any atom is -0.443 e. The molecule has 2 bridgehead atoms. The number of hydrogen-bond acceptors (Lipinski definition) is 4. The van der Waals surface area contributed by atoms with Gasteiger partial charge in [0, 0.05) is 24.5 Å². The third-order valence-corrected chi connectivity index (χ3v) is 5.77. The van der Waals surface area contributed by atoms with E-state index in [0.29, 0.717) is 19.0 Å². The molecule has 0 heterocycles. The van der Waals surface area contributed by atoms with E-state index in [4.69, 9.17) is 4.74 Å². The molecule has 1 aromatic rings. The highest BCUT2D eigenvalue weighted by Gasteiger charge is 2.39. The SMILES string of the molecule is CC(C)(C)NC(=O)O[C@@H](Cc1ccccc1)[C@H](O)CN[C@H]1C[C@H]2CC[C@H]1C2. The second-order valence-electron chi connectivity index (χ2n) is 9.27. The van der Waals surface area contributed by atoms with Crippen molar-refractivity contribution in [2.24, 2.45) is 11.8 Å². The Bertz CT molecular complexity index is 614. The average Bonchev–Trinajstić information content (AvgIpc) is 3.21. The number of carbonyl (C=O) groups excluding carboxylic acids is 1. The summed E-state index contributed by atoms with van der Waals surface area (Å²) >= 11 is 0. The second-order valence-corrected chi connectivity index (χ2v) is 9.27. The summed E-state index contributed by atoms with van der Waals surface area (Å²) in [5.41, 5.74) is 0.672. The molecule has 1 aromatic carbocycles. The van der Waals surface area contributed by atoms with Gasteiger partial charge in [-0.15, -0.1) is 0 Å². The quantitative estimate of drug-likeness (QED) is 0.685. The van der Waals surface area contributed by atoms with Gasteiger partial charge in [-0.1, -0.05) is 36.8 Å². The van der Waals surface area contributed by atoms with Crippen LogP contribution in [0.4, 0.5) is 4.79 Å². The van der Waals surface area contributed by atoms with E-state index in [1.54, 1.807) is 0 Å². The molecule has 5 heteroatoms. The van der Waals surface area contributed by atoms with Gasteiger partial charge in [-0.2, -0.15) is 0 Å². The van der Waals surface area contributed by atoms with E-state index in [2.05, 4.69) is 10.6 Å². The number of rotatable bonds is 7. The summed E-state index contributed by atoms with van der Waals surface area (Å²) in [6, 6.07) is 10.4. The zero-order valence-electron chi connectivity index (χ0n) is 16.8. The Labute approximate surface area is 162 Å². The summed E-state index contributed by atoms with van der Waals surface area (Å²) in [7, 11) is 0. The molecule has 0 spiro atoms. The number of ether oxygens (including phenoxy) is 1. The molecule has 2 saturated carbocycles. The molecule has 3 rings (SSSR count). The Hall–Kier alpha value is -1.59. The molecular formula is C22H34N2O3. The van der Waals surface area contributed by atoms with Crippen LogP contribution in [0.3, 0.4) is 0 Å². The summed E-state index contributed by atoms with van der Waals surface area (Å²) in [6.45, 7) is 6.18. The van der Waals surface area contributed by atoms with Gasteiger partial charge in [0.25, 0.3) is 0 Å². The first-order chi connectivity index (χ1) is 12.8. The summed E-state index contributed by atoms with van der Waals surface area (Å²) in [6.07, 6.45) is 3.89. The van der Waals surface area contributed by atoms with E-state index >= 15 is 0 Å². The summed E-state index contributed by atoms with van der Waals surface area (Å²) in [4.78, 5) is 12.3. The first-order valence-electron chi connectivity index (χ1n) is 10.2. The fourth-order valence-corrected chi connectivity index (χ4v) is 4.47. The lowest BCUT2D eigenvalue weighted by molar-refractivity contribution is -0.000299. The Morgan fingerprint density at radius 3 is 2.56 bits per heavy atom. The highest BCUT2D eigenvalue weighted by atomic mass is 16.6. The van der Waals surface area contributed by atoms with E-state index in [1.165, 1.54) is 25.7 Å². The highest BCUT2D eigenvalue weighted by molar-refractivity contribution is 5.68. The van der Waals surface area contributed by atoms with Crippen LogP contribution in [0.5, 0.6) is 0 Å². The molecule has 0 saturated heterocycles. The number of alkyl carbamates (subject to hydrolysis) is 1. The van der Waals surface area contributed by atoms with Gasteiger partial charge in [0.15, 0.2) is 0 Å². The molecule has 3 N–H and O–H groups in total. The summed E-state index contributed by atoms with van der Waals surface area (Å²) < 4.78 is 5.63. The summed E-state index contributed by atoms with van der Waals surface area (Å²) in [5, 5.41) is 17.1. The monoisotopic (exact) mass is 374 g/mol. The number of carbonyl (C=O) groups is 1. The van der Waals surface area contributed by atoms with Crippen molar-refractivity contribution in [3.05, 3.63) is 35.9 Å². The Balaban J connectivity index is 1.58. The number of hydrogen-bond donors (Lipinski definition) is 3. The molecule has 150 valence electrons. The molecule has 5 nitrogen and oxygen atoms in total. The van der Waals surface area contributed by atoms with Gasteiger partial charge < -0.3 is 20.5 Å². The number of fused-ring (bicyclic) bond motifs is 2. The molecule has 2 fully saturated rings. The van der Waals surface area contributed by atoms with E-state index in [0.717, 1.165) is 17.4 Å². The predicted molar refractivity (Wildman–Crippen MR) is 107 cm³/mol. The maximum atomic E-state index is 12.3. The minimum atomic E-state index is -0.741. The Morgan fingerprint density at radius 2 is 1.96 bits per heavy atom. The molecule has 2 aliphatic rings. The molecular weight excluding hydrogens is 340 g/mol. The lowest BCUT2D eigenvalue weighted by Crippen LogP contribution is -2.48. The second kappa shape index (κ2) is 8.61. The van der Waals surface area contributed by atoms with E-state index in [-0.39, 0.29) is 5.54 Å². The maximum absolute atomic E-state index is 12.3. The topological polar surface area (TPSA) is 70.6 Å². The first kappa shape index (κ1) is 20.2. The van der Waals surface area contributed by atoms with E-state index < -0.39 is 18.3 Å². The van der Waals surface area contributed by atoms with Crippen LogP contribution >= 0.6 is 0 Å². The van der Waals surface area contributed by atoms with Crippen LogP contribution in [0.1, 0.15) is 52.0 Å². The Kier molecular flexibility index (Phi) is 6.43. The van der Waals surface area contributed by atoms with E-state index in [1.807, 2.05) is 51.1 Å². The summed E-state index contributed by atoms with van der Waals surface area (Å²) in [5.74, 6) is 1.61. The zero-order chi connectivity index (χ0) is 19.4. The number of nitrogens with one attached hydrogen (secondary N) is 2. The third-order valence-electron chi connectivity index (χ3n) is 5.77. The number of aliphatic hydroxyl groups is 1. The van der Waals surface area contributed by atoms with E-state index in [9.17, 15) is 9.90 Å². The smallest absolute Gasteiger partial charge is 0.407 e. The average molecular weight is 375 g/mol. The van der Waals surface area contributed by atoms with Crippen molar-refractivity contribution in [2.75, 3.05) is 6.54 Å². The van der Waals surface area contributed by atoms with Gasteiger partial charge in [-0.25, -0.2) is 4.79 Å². The van der Waals surface area contributed by atoms with Crippen LogP contribution in [0.2, 0.25) is 0 Å². The number of amides is 1. The van der Waals surface area contributed by atoms with Gasteiger partial charge in [-0.3, -0.25) is 0 Å². The largest absolute Gasteiger partial charge is 0.443 e. The van der Waals surface area contributed by atoms with Crippen LogP contribution in [0.25, 0.3) is 0 Å². The van der Waals surface area contributed by atoms with Crippen molar-refractivity contribution in [2.45, 2.75) is 76.7 Å². The molecule has 2 aliphatic carbocycles. The minimum absolute atomic E-state index is 0.374. The van der Waals surface area contributed by atoms with Crippen LogP contribution in [0, 0.1) is 11.8 Å². The lowest BCUT2D eigenvalue weighted by Gasteiger charge is -2.29. The lowest BCUT2D eigenvalue weighted by atomic mass is 9.95. The zero-order valence-corrected chi connectivity index (χ0v) is 16.8. The van der Waals surface area contributed by atoms with Crippen molar-refractivity contribution in [3.63, 3.8) is 0 Å². The third kappa shape index (κ3) is 5.94. The molecule has 5 atom stereocenters. The molecule has 27 heavy (non-hydrogen) atoms. The molecule has 0 aromatic heterocycles. The molecule has 0 aliphatic heterocycles. The Morgan fingerprint density at radius 1 is 1.22 bits per heavy atom. The van der Waals surface area contributed by atoms with Crippen molar-refractivity contribution in [1.29, 1.82) is 0 Å². The molecule has 0 radical (unpaired) electrons. The maximum Gasteiger partial charge on any atom is 0.407 e. The first-order valence-corrected chi connectivity index (χ1v) is 10.2. The van der Waals surface area contributed by atoms with Gasteiger partial charge in [0.05, 0.1) is 0 Å². The van der Waals surface area contributed by atoms with Crippen LogP contribution < -0.4 is 10.6 Å². The molecule has 0 unspecified atom stereocenters. The van der Waals surface area contributed by atoms with Gasteiger partial charge in [0.1, 0.15) is 12.2 Å². The predicted octanol–water partition coefficient (Wildman–Crippen LogP) is 3.26. The normalized spacial score (nSPS) is 26.6. The van der Waals surface area contributed by atoms with Gasteiger partial charge in [-0.05, 0) is 57.4 Å². The van der Waals surface area contributed by atoms with Gasteiger partial charge >= 0.3 is 6.09 Å². The fraction of sp³-hybridized carbons (Fsp3) is 0.682.